The summed E-state index contributed by atoms with van der Waals surface area (Å²) in [6.07, 6.45) is 3.37. The molecule has 0 aliphatic carbocycles. The molecule has 0 amide bonds. The smallest absolute Gasteiger partial charge is 0.129 e. The summed E-state index contributed by atoms with van der Waals surface area (Å²) in [6.45, 7) is 0. The SMILES string of the molecule is N#CC(C#N)=CC=C1Sc2ccccc2S1. The fraction of sp³-hybridized carbons (Fsp3) is 0. The Morgan fingerprint density at radius 3 is 2.12 bits per heavy atom. The summed E-state index contributed by atoms with van der Waals surface area (Å²) >= 11 is 3.32. The molecule has 1 aliphatic heterocycles. The summed E-state index contributed by atoms with van der Waals surface area (Å²) in [7, 11) is 0. The van der Waals surface area contributed by atoms with Crippen LogP contribution in [0.3, 0.4) is 0 Å². The van der Waals surface area contributed by atoms with Gasteiger partial charge >= 0.3 is 0 Å². The van der Waals surface area contributed by atoms with Crippen LogP contribution in [0, 0.1) is 22.7 Å². The zero-order valence-corrected chi connectivity index (χ0v) is 9.81. The van der Waals surface area contributed by atoms with Crippen molar-refractivity contribution in [2.75, 3.05) is 0 Å². The predicted molar refractivity (Wildman–Crippen MR) is 65.5 cm³/mol. The van der Waals surface area contributed by atoms with Gasteiger partial charge in [-0.2, -0.15) is 10.5 Å². The molecule has 0 fully saturated rings. The molecule has 2 nitrogen and oxygen atoms in total. The molecule has 4 heteroatoms. The molecule has 1 aliphatic rings. The van der Waals surface area contributed by atoms with Crippen molar-refractivity contribution in [1.82, 2.24) is 0 Å². The summed E-state index contributed by atoms with van der Waals surface area (Å²) in [5, 5.41) is 17.2. The molecule has 0 bridgehead atoms. The molecular formula is C12H6N2S2. The lowest BCUT2D eigenvalue weighted by atomic mass is 10.3. The van der Waals surface area contributed by atoms with Crippen molar-refractivity contribution >= 4 is 23.5 Å². The number of hydrogen-bond donors (Lipinski definition) is 0. The van der Waals surface area contributed by atoms with Crippen molar-refractivity contribution in [3.63, 3.8) is 0 Å². The van der Waals surface area contributed by atoms with Crippen LogP contribution in [0.15, 0.2) is 56.0 Å². The second-order valence-electron chi connectivity index (χ2n) is 2.94. The first-order valence-corrected chi connectivity index (χ1v) is 6.13. The van der Waals surface area contributed by atoms with Crippen molar-refractivity contribution in [3.05, 3.63) is 46.2 Å². The lowest BCUT2D eigenvalue weighted by Crippen LogP contribution is -1.68. The summed E-state index contributed by atoms with van der Waals surface area (Å²) in [4.78, 5) is 2.45. The third kappa shape index (κ3) is 2.30. The van der Waals surface area contributed by atoms with Crippen molar-refractivity contribution in [3.8, 4) is 12.1 Å². The van der Waals surface area contributed by atoms with Crippen LogP contribution in [0.1, 0.15) is 0 Å². The largest absolute Gasteiger partial charge is 0.192 e. The summed E-state index contributed by atoms with van der Waals surface area (Å²) in [6, 6.07) is 11.8. The lowest BCUT2D eigenvalue weighted by molar-refractivity contribution is 1.27. The Labute approximate surface area is 102 Å². The minimum atomic E-state index is 0.129. The average molecular weight is 242 g/mol. The number of nitriles is 2. The molecule has 0 saturated heterocycles. The Kier molecular flexibility index (Phi) is 3.36. The molecule has 1 heterocycles. The van der Waals surface area contributed by atoms with E-state index in [4.69, 9.17) is 10.5 Å². The van der Waals surface area contributed by atoms with E-state index in [0.29, 0.717) is 0 Å². The zero-order chi connectivity index (χ0) is 11.4. The summed E-state index contributed by atoms with van der Waals surface area (Å²) < 4.78 is 1.09. The Morgan fingerprint density at radius 2 is 1.62 bits per heavy atom. The third-order valence-corrected chi connectivity index (χ3v) is 4.35. The monoisotopic (exact) mass is 242 g/mol. The normalized spacial score (nSPS) is 12.2. The van der Waals surface area contributed by atoms with Gasteiger partial charge < -0.3 is 0 Å². The van der Waals surface area contributed by atoms with Crippen LogP contribution >= 0.6 is 23.5 Å². The lowest BCUT2D eigenvalue weighted by Gasteiger charge is -1.90. The minimum absolute atomic E-state index is 0.129. The Bertz CT molecular complexity index is 516. The number of rotatable bonds is 1. The first kappa shape index (κ1) is 10.9. The quantitative estimate of drug-likeness (QED) is 0.704. The van der Waals surface area contributed by atoms with E-state index in [1.54, 1.807) is 29.6 Å². The van der Waals surface area contributed by atoms with E-state index in [9.17, 15) is 0 Å². The first-order valence-electron chi connectivity index (χ1n) is 4.50. The highest BCUT2D eigenvalue weighted by Crippen LogP contribution is 2.50. The van der Waals surface area contributed by atoms with Gasteiger partial charge in [-0.25, -0.2) is 0 Å². The molecule has 0 radical (unpaired) electrons. The number of nitrogens with zero attached hydrogens (tertiary/aromatic N) is 2. The van der Waals surface area contributed by atoms with Crippen LogP contribution in [0.5, 0.6) is 0 Å². The van der Waals surface area contributed by atoms with Crippen molar-refractivity contribution < 1.29 is 0 Å². The van der Waals surface area contributed by atoms with E-state index in [0.717, 1.165) is 4.24 Å². The highest BCUT2D eigenvalue weighted by atomic mass is 32.2. The Balaban J connectivity index is 2.19. The fourth-order valence-corrected chi connectivity index (χ4v) is 3.47. The molecular weight excluding hydrogens is 236 g/mol. The van der Waals surface area contributed by atoms with Crippen molar-refractivity contribution in [2.24, 2.45) is 0 Å². The highest BCUT2D eigenvalue weighted by Gasteiger charge is 2.15. The molecule has 16 heavy (non-hydrogen) atoms. The average Bonchev–Trinajstić information content (AvgIpc) is 2.73. The van der Waals surface area contributed by atoms with E-state index < -0.39 is 0 Å². The molecule has 2 rings (SSSR count). The topological polar surface area (TPSA) is 47.6 Å². The summed E-state index contributed by atoms with van der Waals surface area (Å²) in [5.41, 5.74) is 0.129. The van der Waals surface area contributed by atoms with Gasteiger partial charge in [0.15, 0.2) is 0 Å². The van der Waals surface area contributed by atoms with Crippen LogP contribution in [0.2, 0.25) is 0 Å². The molecule has 0 aromatic heterocycles. The Hall–Kier alpha value is -1.62. The van der Waals surface area contributed by atoms with E-state index in [1.807, 2.05) is 30.3 Å². The number of benzene rings is 1. The van der Waals surface area contributed by atoms with E-state index in [1.165, 1.54) is 9.79 Å². The molecule has 1 aromatic rings. The van der Waals surface area contributed by atoms with Gasteiger partial charge in [0, 0.05) is 14.0 Å². The van der Waals surface area contributed by atoms with E-state index in [2.05, 4.69) is 12.1 Å². The first-order chi connectivity index (χ1) is 7.83. The maximum absolute atomic E-state index is 8.59. The van der Waals surface area contributed by atoms with Crippen molar-refractivity contribution in [1.29, 1.82) is 10.5 Å². The molecule has 1 aromatic carbocycles. The summed E-state index contributed by atoms with van der Waals surface area (Å²) in [5.74, 6) is 0. The predicted octanol–water partition coefficient (Wildman–Crippen LogP) is 3.70. The molecule has 76 valence electrons. The third-order valence-electron chi connectivity index (χ3n) is 1.90. The van der Waals surface area contributed by atoms with Gasteiger partial charge in [0.1, 0.15) is 17.7 Å². The van der Waals surface area contributed by atoms with Gasteiger partial charge in [0.05, 0.1) is 0 Å². The number of thioether (sulfide) groups is 2. The van der Waals surface area contributed by atoms with Crippen LogP contribution in [-0.2, 0) is 0 Å². The van der Waals surface area contributed by atoms with Gasteiger partial charge in [-0.1, -0.05) is 35.7 Å². The van der Waals surface area contributed by atoms with Gasteiger partial charge in [-0.3, -0.25) is 0 Å². The van der Waals surface area contributed by atoms with Crippen LogP contribution < -0.4 is 0 Å². The zero-order valence-electron chi connectivity index (χ0n) is 8.18. The number of fused-ring (bicyclic) bond motifs is 1. The van der Waals surface area contributed by atoms with E-state index >= 15 is 0 Å². The maximum atomic E-state index is 8.59. The van der Waals surface area contributed by atoms with Crippen LogP contribution in [0.25, 0.3) is 0 Å². The number of allylic oxidation sites excluding steroid dienone is 3. The second-order valence-corrected chi connectivity index (χ2v) is 5.37. The van der Waals surface area contributed by atoms with Gasteiger partial charge in [-0.05, 0) is 24.3 Å². The standard InChI is InChI=1S/C12H6N2S2/c13-7-9(8-14)5-6-12-15-10-3-1-2-4-11(10)16-12/h1-6H. The maximum Gasteiger partial charge on any atom is 0.129 e. The molecule has 0 spiro atoms. The molecule has 0 atom stereocenters. The van der Waals surface area contributed by atoms with E-state index in [-0.39, 0.29) is 5.57 Å². The second kappa shape index (κ2) is 4.94. The fourth-order valence-electron chi connectivity index (χ4n) is 1.18. The van der Waals surface area contributed by atoms with Crippen molar-refractivity contribution in [2.45, 2.75) is 9.79 Å². The van der Waals surface area contributed by atoms with Gasteiger partial charge in [-0.15, -0.1) is 0 Å². The van der Waals surface area contributed by atoms with Crippen LogP contribution in [0.4, 0.5) is 0 Å². The van der Waals surface area contributed by atoms with Gasteiger partial charge in [0.2, 0.25) is 0 Å². The van der Waals surface area contributed by atoms with Crippen LogP contribution in [-0.4, -0.2) is 0 Å². The number of hydrogen-bond acceptors (Lipinski definition) is 4. The molecule has 0 saturated carbocycles. The minimum Gasteiger partial charge on any atom is -0.192 e. The molecule has 0 unspecified atom stereocenters. The highest BCUT2D eigenvalue weighted by molar-refractivity contribution is 8.24. The van der Waals surface area contributed by atoms with Gasteiger partial charge in [0.25, 0.3) is 0 Å². The molecule has 0 N–H and O–H groups in total. The Morgan fingerprint density at radius 1 is 1.06 bits per heavy atom.